The van der Waals surface area contributed by atoms with E-state index in [-0.39, 0.29) is 68.6 Å². The minimum absolute atomic E-state index is 0. The number of unbranched alkanes of at least 4 members (excludes halogenated alkanes) is 22. The summed E-state index contributed by atoms with van der Waals surface area (Å²) in [4.78, 5) is 26.8. The minimum atomic E-state index is -1.30. The number of carbonyl (C=O) groups is 2. The van der Waals surface area contributed by atoms with E-state index < -0.39 is 16.7 Å². The second-order valence-corrected chi connectivity index (χ2v) is 17.2. The summed E-state index contributed by atoms with van der Waals surface area (Å²) in [5, 5.41) is 21.3. The largest absolute Gasteiger partial charge is 0.455 e. The first-order valence-electron chi connectivity index (χ1n) is 23.4. The molecule has 0 aliphatic heterocycles. The van der Waals surface area contributed by atoms with Crippen LogP contribution in [0.1, 0.15) is 228 Å². The number of aliphatic hydroxyl groups is 2. The molecule has 0 rings (SSSR count). The van der Waals surface area contributed by atoms with Crippen LogP contribution < -0.4 is 5.43 Å². The van der Waals surface area contributed by atoms with Crippen molar-refractivity contribution in [2.75, 3.05) is 26.3 Å². The van der Waals surface area contributed by atoms with E-state index in [0.717, 1.165) is 64.2 Å². The maximum absolute atomic E-state index is 13.5. The van der Waals surface area contributed by atoms with Gasteiger partial charge in [0, 0.05) is 25.9 Å². The van der Waals surface area contributed by atoms with Crippen LogP contribution in [0.4, 0.5) is 0 Å². The zero-order valence-electron chi connectivity index (χ0n) is 38.3. The van der Waals surface area contributed by atoms with Crippen LogP contribution in [0.15, 0.2) is 24.3 Å². The van der Waals surface area contributed by atoms with Crippen molar-refractivity contribution in [3.8, 4) is 0 Å². The number of carbonyl (C=O) groups excluding carboxylic acids is 2. The summed E-state index contributed by atoms with van der Waals surface area (Å²) in [5.74, 6) is -0.634. The number of nitrogens with one attached hydrogen (secondary N) is 1. The number of hydrogen-bond acceptors (Lipinski definition) is 8. The number of esters is 2. The fraction of sp³-hybridized carbons (Fsp3) is 0.875. The lowest BCUT2D eigenvalue weighted by molar-refractivity contribution is -0.237. The Bertz CT molecular complexity index is 1000. The number of rotatable bonds is 40. The smallest absolute Gasteiger partial charge is 0.306 e. The third kappa shape index (κ3) is 28.2. The molecule has 0 aromatic heterocycles. The number of halogens is 1. The maximum atomic E-state index is 13.5. The van der Waals surface area contributed by atoms with Crippen molar-refractivity contribution in [2.45, 2.75) is 245 Å². The highest BCUT2D eigenvalue weighted by molar-refractivity contribution is 14.0. The molecule has 0 amide bonds. The molecule has 0 aromatic carbocycles. The van der Waals surface area contributed by atoms with Gasteiger partial charge in [-0.3, -0.25) is 15.0 Å². The Balaban J connectivity index is 0. The van der Waals surface area contributed by atoms with Gasteiger partial charge in [-0.05, 0) is 98.8 Å². The lowest BCUT2D eigenvalue weighted by Crippen LogP contribution is -2.73. The number of β-amino-alcohol motifs (C(OH)–C–C–N with tert-alkyl or cyclic N) is 1. The van der Waals surface area contributed by atoms with Gasteiger partial charge in [-0.15, -0.1) is 24.0 Å². The summed E-state index contributed by atoms with van der Waals surface area (Å²) in [5.41, 5.74) is -0.243. The lowest BCUT2D eigenvalue weighted by atomic mass is 9.72. The SMILES string of the molecule is CCCCCCCCC=CCCCCCCCC(=O)OC(C)(C)C(C)(OC(=O)CCCCCCCC=CCCCCCCCC)C(C)(C)N(CCO)NCCO.I. The average molecular weight is 921 g/mol. The van der Waals surface area contributed by atoms with Crippen molar-refractivity contribution in [1.29, 1.82) is 0 Å². The molecule has 57 heavy (non-hydrogen) atoms. The first-order valence-corrected chi connectivity index (χ1v) is 23.4. The molecule has 0 radical (unpaired) electrons. The lowest BCUT2D eigenvalue weighted by Gasteiger charge is -2.55. The first kappa shape index (κ1) is 58.1. The van der Waals surface area contributed by atoms with Crippen molar-refractivity contribution in [3.05, 3.63) is 24.3 Å². The molecule has 9 heteroatoms. The predicted octanol–water partition coefficient (Wildman–Crippen LogP) is 12.9. The highest BCUT2D eigenvalue weighted by Gasteiger charge is 2.59. The van der Waals surface area contributed by atoms with Gasteiger partial charge in [0.1, 0.15) is 5.60 Å². The summed E-state index contributed by atoms with van der Waals surface area (Å²) < 4.78 is 12.5. The Labute approximate surface area is 369 Å². The monoisotopic (exact) mass is 921 g/mol. The number of aliphatic hydroxyl groups excluding tert-OH is 2. The fourth-order valence-electron chi connectivity index (χ4n) is 7.48. The highest BCUT2D eigenvalue weighted by Crippen LogP contribution is 2.42. The van der Waals surface area contributed by atoms with E-state index in [9.17, 15) is 19.8 Å². The second kappa shape index (κ2) is 38.0. The van der Waals surface area contributed by atoms with Crippen LogP contribution in [0.2, 0.25) is 0 Å². The fourth-order valence-corrected chi connectivity index (χ4v) is 7.48. The summed E-state index contributed by atoms with van der Waals surface area (Å²) in [6, 6.07) is 0. The molecule has 0 aliphatic carbocycles. The number of hydrazine groups is 1. The summed E-state index contributed by atoms with van der Waals surface area (Å²) in [6.07, 6.45) is 40.8. The number of nitrogens with zero attached hydrogens (tertiary/aromatic N) is 1. The summed E-state index contributed by atoms with van der Waals surface area (Å²) in [7, 11) is 0. The quantitative estimate of drug-likeness (QED) is 0.0183. The molecule has 0 aromatic rings. The van der Waals surface area contributed by atoms with Gasteiger partial charge in [0.25, 0.3) is 0 Å². The standard InChI is InChI=1S/C48H92N2O6.HI/c1-8-10-12-14-16-18-20-22-24-26-28-30-32-34-36-38-44(53)55-47(5,6)48(7,46(3,4)50(41-43-52)49-40-42-51)56-45(54)39-37-35-33-31-29-27-25-23-21-19-17-15-13-11-9-2;/h22-25,49,51-52H,8-21,26-43H2,1-7H3;1H. The molecule has 1 unspecified atom stereocenters. The van der Waals surface area contributed by atoms with E-state index in [1.165, 1.54) is 103 Å². The molecule has 8 nitrogen and oxygen atoms in total. The Morgan fingerprint density at radius 3 is 1.25 bits per heavy atom. The van der Waals surface area contributed by atoms with Crippen molar-refractivity contribution in [1.82, 2.24) is 10.4 Å². The van der Waals surface area contributed by atoms with Crippen LogP contribution in [-0.4, -0.2) is 70.2 Å². The second-order valence-electron chi connectivity index (χ2n) is 17.2. The number of ether oxygens (including phenoxy) is 2. The Hall–Kier alpha value is -1.01. The molecule has 1 atom stereocenters. The summed E-state index contributed by atoms with van der Waals surface area (Å²) >= 11 is 0. The van der Waals surface area contributed by atoms with Gasteiger partial charge in [0.2, 0.25) is 0 Å². The first-order chi connectivity index (χ1) is 26.9. The van der Waals surface area contributed by atoms with Crippen molar-refractivity contribution >= 4 is 35.9 Å². The molecular formula is C48H93IN2O6. The third-order valence-corrected chi connectivity index (χ3v) is 11.7. The molecule has 0 heterocycles. The Morgan fingerprint density at radius 2 is 0.877 bits per heavy atom. The van der Waals surface area contributed by atoms with Crippen LogP contribution in [-0.2, 0) is 19.1 Å². The number of allylic oxidation sites excluding steroid dienone is 4. The zero-order chi connectivity index (χ0) is 41.8. The van der Waals surface area contributed by atoms with Gasteiger partial charge in [-0.1, -0.05) is 141 Å². The molecule has 0 fully saturated rings. The van der Waals surface area contributed by atoms with Gasteiger partial charge in [-0.25, -0.2) is 5.01 Å². The summed E-state index contributed by atoms with van der Waals surface area (Å²) in [6.45, 7) is 14.0. The van der Waals surface area contributed by atoms with Gasteiger partial charge in [0.15, 0.2) is 5.60 Å². The van der Waals surface area contributed by atoms with Gasteiger partial charge < -0.3 is 19.7 Å². The highest BCUT2D eigenvalue weighted by atomic mass is 127. The van der Waals surface area contributed by atoms with E-state index in [1.807, 2.05) is 34.6 Å². The zero-order valence-corrected chi connectivity index (χ0v) is 40.7. The van der Waals surface area contributed by atoms with Crippen LogP contribution >= 0.6 is 24.0 Å². The van der Waals surface area contributed by atoms with Crippen molar-refractivity contribution in [2.24, 2.45) is 0 Å². The van der Waals surface area contributed by atoms with E-state index in [1.54, 1.807) is 5.01 Å². The predicted molar refractivity (Wildman–Crippen MR) is 252 cm³/mol. The molecule has 0 bridgehead atoms. The number of hydrogen-bond donors (Lipinski definition) is 3. The van der Waals surface area contributed by atoms with Crippen molar-refractivity contribution in [3.63, 3.8) is 0 Å². The Morgan fingerprint density at radius 1 is 0.526 bits per heavy atom. The Kier molecular flexibility index (Phi) is 38.7. The van der Waals surface area contributed by atoms with Gasteiger partial charge in [0.05, 0.1) is 18.8 Å². The van der Waals surface area contributed by atoms with Gasteiger partial charge in [-0.2, -0.15) is 0 Å². The van der Waals surface area contributed by atoms with E-state index in [0.29, 0.717) is 6.42 Å². The molecule has 0 saturated heterocycles. The maximum Gasteiger partial charge on any atom is 0.306 e. The molecule has 0 saturated carbocycles. The minimum Gasteiger partial charge on any atom is -0.455 e. The van der Waals surface area contributed by atoms with Crippen LogP contribution in [0.25, 0.3) is 0 Å². The molecular weight excluding hydrogens is 827 g/mol. The topological polar surface area (TPSA) is 108 Å². The van der Waals surface area contributed by atoms with Crippen LogP contribution in [0.5, 0.6) is 0 Å². The van der Waals surface area contributed by atoms with Gasteiger partial charge >= 0.3 is 11.9 Å². The van der Waals surface area contributed by atoms with E-state index in [2.05, 4.69) is 43.6 Å². The van der Waals surface area contributed by atoms with Crippen LogP contribution in [0.3, 0.4) is 0 Å². The third-order valence-electron chi connectivity index (χ3n) is 11.7. The van der Waals surface area contributed by atoms with E-state index in [4.69, 9.17) is 9.47 Å². The van der Waals surface area contributed by atoms with Crippen LogP contribution in [0, 0.1) is 0 Å². The van der Waals surface area contributed by atoms with Crippen molar-refractivity contribution < 1.29 is 29.3 Å². The molecule has 338 valence electrons. The molecule has 0 aliphatic rings. The normalized spacial score (nSPS) is 13.4. The molecule has 0 spiro atoms. The average Bonchev–Trinajstić information content (AvgIpc) is 3.16. The van der Waals surface area contributed by atoms with E-state index >= 15 is 0 Å². The molecule has 3 N–H and O–H groups in total.